The van der Waals surface area contributed by atoms with Crippen LogP contribution in [-0.2, 0) is 4.74 Å². The summed E-state index contributed by atoms with van der Waals surface area (Å²) in [4.78, 5) is 6.86. The standard InChI is InChI=1S/C14H27N3OS.HI/c1-4-12-9-17(6-8-19-12)13(15-3)16-10-14(2)5-7-18-11-14;/h12H,4-11H2,1-3H3,(H,15,16);1H. The van der Waals surface area contributed by atoms with E-state index in [1.807, 2.05) is 7.05 Å². The highest BCUT2D eigenvalue weighted by Gasteiger charge is 2.30. The molecule has 0 bridgehead atoms. The average molecular weight is 413 g/mol. The molecule has 2 aliphatic rings. The summed E-state index contributed by atoms with van der Waals surface area (Å²) in [5.74, 6) is 2.27. The third kappa shape index (κ3) is 4.94. The molecule has 2 atom stereocenters. The van der Waals surface area contributed by atoms with Crippen LogP contribution in [0.1, 0.15) is 26.7 Å². The van der Waals surface area contributed by atoms with E-state index >= 15 is 0 Å². The number of hydrogen-bond donors (Lipinski definition) is 1. The molecule has 0 saturated carbocycles. The molecular weight excluding hydrogens is 385 g/mol. The molecule has 0 aliphatic carbocycles. The van der Waals surface area contributed by atoms with Gasteiger partial charge in [-0.1, -0.05) is 13.8 Å². The highest BCUT2D eigenvalue weighted by molar-refractivity contribution is 14.0. The number of aliphatic imine (C=N–C) groups is 1. The number of nitrogens with zero attached hydrogens (tertiary/aromatic N) is 2. The maximum atomic E-state index is 5.51. The van der Waals surface area contributed by atoms with Crippen LogP contribution in [-0.4, -0.2) is 61.8 Å². The Kier molecular flexibility index (Phi) is 7.97. The molecule has 4 nitrogen and oxygen atoms in total. The van der Waals surface area contributed by atoms with Crippen molar-refractivity contribution in [1.82, 2.24) is 10.2 Å². The van der Waals surface area contributed by atoms with E-state index in [0.29, 0.717) is 0 Å². The summed E-state index contributed by atoms with van der Waals surface area (Å²) in [6.45, 7) is 9.51. The summed E-state index contributed by atoms with van der Waals surface area (Å²) in [6.07, 6.45) is 2.38. The summed E-state index contributed by atoms with van der Waals surface area (Å²) in [7, 11) is 1.89. The quantitative estimate of drug-likeness (QED) is 0.438. The van der Waals surface area contributed by atoms with E-state index in [0.717, 1.165) is 50.5 Å². The zero-order valence-corrected chi connectivity index (χ0v) is 16.0. The van der Waals surface area contributed by atoms with E-state index in [2.05, 4.69) is 40.8 Å². The van der Waals surface area contributed by atoms with Crippen molar-refractivity contribution in [2.24, 2.45) is 10.4 Å². The van der Waals surface area contributed by atoms with Crippen molar-refractivity contribution >= 4 is 41.7 Å². The number of halogens is 1. The minimum Gasteiger partial charge on any atom is -0.381 e. The fraction of sp³-hybridized carbons (Fsp3) is 0.929. The maximum absolute atomic E-state index is 5.51. The predicted octanol–water partition coefficient (Wildman–Crippen LogP) is 2.43. The number of guanidine groups is 1. The van der Waals surface area contributed by atoms with Gasteiger partial charge < -0.3 is 15.0 Å². The van der Waals surface area contributed by atoms with Gasteiger partial charge in [0.1, 0.15) is 0 Å². The second-order valence-electron chi connectivity index (χ2n) is 5.86. The van der Waals surface area contributed by atoms with E-state index in [9.17, 15) is 0 Å². The number of hydrogen-bond acceptors (Lipinski definition) is 3. The van der Waals surface area contributed by atoms with Gasteiger partial charge >= 0.3 is 0 Å². The lowest BCUT2D eigenvalue weighted by atomic mass is 9.90. The van der Waals surface area contributed by atoms with Crippen LogP contribution in [0.15, 0.2) is 4.99 Å². The van der Waals surface area contributed by atoms with Crippen molar-refractivity contribution < 1.29 is 4.74 Å². The third-order valence-electron chi connectivity index (χ3n) is 4.08. The van der Waals surface area contributed by atoms with Gasteiger partial charge in [0.25, 0.3) is 0 Å². The van der Waals surface area contributed by atoms with Gasteiger partial charge in [0.05, 0.1) is 6.61 Å². The van der Waals surface area contributed by atoms with Gasteiger partial charge in [-0.15, -0.1) is 24.0 Å². The fourth-order valence-corrected chi connectivity index (χ4v) is 3.81. The lowest BCUT2D eigenvalue weighted by Crippen LogP contribution is -2.50. The average Bonchev–Trinajstić information content (AvgIpc) is 2.87. The first-order valence-corrected chi connectivity index (χ1v) is 8.37. The molecule has 1 N–H and O–H groups in total. The number of rotatable bonds is 3. The van der Waals surface area contributed by atoms with Gasteiger partial charge in [-0.05, 0) is 12.8 Å². The van der Waals surface area contributed by atoms with Crippen LogP contribution in [0.5, 0.6) is 0 Å². The van der Waals surface area contributed by atoms with E-state index in [-0.39, 0.29) is 29.4 Å². The Balaban J connectivity index is 0.00000200. The maximum Gasteiger partial charge on any atom is 0.193 e. The van der Waals surface area contributed by atoms with Crippen LogP contribution in [0.25, 0.3) is 0 Å². The molecule has 0 amide bonds. The lowest BCUT2D eigenvalue weighted by Gasteiger charge is -2.35. The van der Waals surface area contributed by atoms with Gasteiger partial charge in [0.2, 0.25) is 0 Å². The van der Waals surface area contributed by atoms with Crippen LogP contribution in [0.3, 0.4) is 0 Å². The summed E-state index contributed by atoms with van der Waals surface area (Å²) in [5, 5.41) is 4.30. The number of thioether (sulfide) groups is 1. The van der Waals surface area contributed by atoms with Crippen LogP contribution in [0.4, 0.5) is 0 Å². The SMILES string of the molecule is CCC1CN(C(=NC)NCC2(C)CCOC2)CCS1.I. The molecule has 2 unspecified atom stereocenters. The summed E-state index contributed by atoms with van der Waals surface area (Å²) in [6, 6.07) is 0. The normalized spacial score (nSPS) is 31.1. The van der Waals surface area contributed by atoms with Gasteiger partial charge in [-0.2, -0.15) is 11.8 Å². The van der Waals surface area contributed by atoms with Crippen LogP contribution in [0, 0.1) is 5.41 Å². The van der Waals surface area contributed by atoms with Crippen molar-refractivity contribution in [3.8, 4) is 0 Å². The molecule has 2 rings (SSSR count). The third-order valence-corrected chi connectivity index (χ3v) is 5.45. The first kappa shape index (κ1) is 18.4. The zero-order valence-electron chi connectivity index (χ0n) is 12.9. The van der Waals surface area contributed by atoms with Crippen molar-refractivity contribution in [3.05, 3.63) is 0 Å². The Morgan fingerprint density at radius 3 is 2.95 bits per heavy atom. The largest absolute Gasteiger partial charge is 0.381 e. The number of ether oxygens (including phenoxy) is 1. The Morgan fingerprint density at radius 2 is 2.35 bits per heavy atom. The summed E-state index contributed by atoms with van der Waals surface area (Å²) in [5.41, 5.74) is 0.268. The first-order valence-electron chi connectivity index (χ1n) is 7.32. The highest BCUT2D eigenvalue weighted by atomic mass is 127. The Hall–Kier alpha value is 0.310. The van der Waals surface area contributed by atoms with Crippen molar-refractivity contribution in [1.29, 1.82) is 0 Å². The monoisotopic (exact) mass is 413 g/mol. The summed E-state index contributed by atoms with van der Waals surface area (Å²) >= 11 is 2.09. The molecule has 2 fully saturated rings. The molecule has 0 aromatic heterocycles. The molecule has 118 valence electrons. The molecule has 6 heteroatoms. The van der Waals surface area contributed by atoms with Gasteiger partial charge in [-0.3, -0.25) is 4.99 Å². The minimum atomic E-state index is 0. The lowest BCUT2D eigenvalue weighted by molar-refractivity contribution is 0.160. The van der Waals surface area contributed by atoms with E-state index in [4.69, 9.17) is 4.74 Å². The highest BCUT2D eigenvalue weighted by Crippen LogP contribution is 2.27. The van der Waals surface area contributed by atoms with Crippen molar-refractivity contribution in [2.45, 2.75) is 31.9 Å². The van der Waals surface area contributed by atoms with Gasteiger partial charge in [0, 0.05) is 49.7 Å². The zero-order chi connectivity index (χ0) is 13.7. The molecule has 2 aliphatic heterocycles. The minimum absolute atomic E-state index is 0. The Morgan fingerprint density at radius 1 is 1.55 bits per heavy atom. The van der Waals surface area contributed by atoms with Crippen LogP contribution < -0.4 is 5.32 Å². The smallest absolute Gasteiger partial charge is 0.193 e. The van der Waals surface area contributed by atoms with Crippen molar-refractivity contribution in [3.63, 3.8) is 0 Å². The van der Waals surface area contributed by atoms with E-state index < -0.39 is 0 Å². The molecule has 0 spiro atoms. The molecule has 0 aromatic rings. The second-order valence-corrected chi connectivity index (χ2v) is 7.27. The van der Waals surface area contributed by atoms with Crippen LogP contribution in [0.2, 0.25) is 0 Å². The second kappa shape index (κ2) is 8.68. The van der Waals surface area contributed by atoms with E-state index in [1.54, 1.807) is 0 Å². The number of nitrogens with one attached hydrogen (secondary N) is 1. The van der Waals surface area contributed by atoms with Crippen molar-refractivity contribution in [2.75, 3.05) is 45.6 Å². The van der Waals surface area contributed by atoms with Gasteiger partial charge in [-0.25, -0.2) is 0 Å². The molecule has 0 aromatic carbocycles. The molecule has 20 heavy (non-hydrogen) atoms. The molecule has 2 heterocycles. The summed E-state index contributed by atoms with van der Waals surface area (Å²) < 4.78 is 5.51. The molecule has 2 saturated heterocycles. The van der Waals surface area contributed by atoms with Gasteiger partial charge in [0.15, 0.2) is 5.96 Å². The molecular formula is C14H28IN3OS. The van der Waals surface area contributed by atoms with Crippen LogP contribution >= 0.6 is 35.7 Å². The van der Waals surface area contributed by atoms with E-state index in [1.165, 1.54) is 12.2 Å². The molecule has 0 radical (unpaired) electrons. The first-order chi connectivity index (χ1) is 9.17. The Labute approximate surface area is 144 Å². The fourth-order valence-electron chi connectivity index (χ4n) is 2.63. The Bertz CT molecular complexity index is 322. The predicted molar refractivity (Wildman–Crippen MR) is 98.4 cm³/mol. The topological polar surface area (TPSA) is 36.9 Å².